The summed E-state index contributed by atoms with van der Waals surface area (Å²) >= 11 is 1.81. The van der Waals surface area contributed by atoms with Crippen molar-refractivity contribution in [2.75, 3.05) is 52.2 Å². The van der Waals surface area contributed by atoms with Crippen molar-refractivity contribution < 1.29 is 9.53 Å². The fraction of sp³-hybridized carbons (Fsp3) is 0.632. The molecule has 0 saturated carbocycles. The van der Waals surface area contributed by atoms with E-state index in [0.29, 0.717) is 5.91 Å². The van der Waals surface area contributed by atoms with Gasteiger partial charge in [-0.1, -0.05) is 24.3 Å². The van der Waals surface area contributed by atoms with Gasteiger partial charge in [0.1, 0.15) is 5.25 Å². The van der Waals surface area contributed by atoms with E-state index >= 15 is 0 Å². The lowest BCUT2D eigenvalue weighted by atomic mass is 10.0. The Kier molecular flexibility index (Phi) is 6.58. The number of benzene rings is 1. The van der Waals surface area contributed by atoms with E-state index in [0.717, 1.165) is 64.3 Å². The first-order valence-electron chi connectivity index (χ1n) is 8.99. The lowest BCUT2D eigenvalue weighted by molar-refractivity contribution is -0.130. The van der Waals surface area contributed by atoms with Gasteiger partial charge in [0.2, 0.25) is 5.91 Å². The molecule has 5 heteroatoms. The summed E-state index contributed by atoms with van der Waals surface area (Å²) < 4.78 is 5.14. The summed E-state index contributed by atoms with van der Waals surface area (Å²) in [5.74, 6) is 1.36. The summed E-state index contributed by atoms with van der Waals surface area (Å²) in [6.07, 6.45) is 3.21. The van der Waals surface area contributed by atoms with Gasteiger partial charge in [0.15, 0.2) is 0 Å². The van der Waals surface area contributed by atoms with Crippen LogP contribution in [0.5, 0.6) is 0 Å². The Labute approximate surface area is 149 Å². The maximum Gasteiger partial charge on any atom is 0.240 e. The number of amides is 1. The van der Waals surface area contributed by atoms with Gasteiger partial charge in [0.05, 0.1) is 0 Å². The van der Waals surface area contributed by atoms with Gasteiger partial charge in [0, 0.05) is 39.9 Å². The van der Waals surface area contributed by atoms with Crippen molar-refractivity contribution in [3.63, 3.8) is 0 Å². The Morgan fingerprint density at radius 1 is 1.25 bits per heavy atom. The third-order valence-electron chi connectivity index (χ3n) is 4.94. The predicted octanol–water partition coefficient (Wildman–Crippen LogP) is 2.59. The number of rotatable bonds is 5. The first kappa shape index (κ1) is 17.8. The van der Waals surface area contributed by atoms with E-state index < -0.39 is 0 Å². The fourth-order valence-corrected chi connectivity index (χ4v) is 4.89. The Hall–Kier alpha value is -1.04. The highest BCUT2D eigenvalue weighted by atomic mass is 32.2. The number of thioether (sulfide) groups is 1. The van der Waals surface area contributed by atoms with E-state index in [1.165, 1.54) is 11.1 Å². The normalized spacial score (nSPS) is 22.0. The van der Waals surface area contributed by atoms with Gasteiger partial charge < -0.3 is 14.5 Å². The third-order valence-corrected chi connectivity index (χ3v) is 6.17. The molecular weight excluding hydrogens is 320 g/mol. The molecule has 0 aromatic heterocycles. The zero-order valence-corrected chi connectivity index (χ0v) is 15.4. The average Bonchev–Trinajstić information content (AvgIpc) is 2.87. The van der Waals surface area contributed by atoms with Gasteiger partial charge >= 0.3 is 0 Å². The Morgan fingerprint density at radius 3 is 3.00 bits per heavy atom. The molecule has 0 radical (unpaired) electrons. The van der Waals surface area contributed by atoms with Crippen LogP contribution >= 0.6 is 11.8 Å². The van der Waals surface area contributed by atoms with Crippen molar-refractivity contribution >= 4 is 17.7 Å². The molecule has 1 amide bonds. The van der Waals surface area contributed by atoms with Crippen LogP contribution in [-0.4, -0.2) is 67.9 Å². The minimum atomic E-state index is -0.00464. The predicted molar refractivity (Wildman–Crippen MR) is 99.5 cm³/mol. The summed E-state index contributed by atoms with van der Waals surface area (Å²) in [5, 5.41) is -0.00464. The first-order chi connectivity index (χ1) is 11.8. The van der Waals surface area contributed by atoms with E-state index in [9.17, 15) is 4.79 Å². The lowest BCUT2D eigenvalue weighted by Gasteiger charge is -2.30. The van der Waals surface area contributed by atoms with E-state index in [1.807, 2.05) is 11.8 Å². The summed E-state index contributed by atoms with van der Waals surface area (Å²) in [6.45, 7) is 5.69. The SMILES string of the molecule is COCCCN1CCCN(C(=O)[C@H]2SCCc3ccccc32)CC1. The Bertz CT molecular complexity index is 552. The number of aryl methyl sites for hydroxylation is 1. The number of hydrogen-bond acceptors (Lipinski definition) is 4. The molecule has 1 aromatic rings. The van der Waals surface area contributed by atoms with Gasteiger partial charge in [-0.3, -0.25) is 4.79 Å². The van der Waals surface area contributed by atoms with Crippen LogP contribution in [0.1, 0.15) is 29.2 Å². The maximum atomic E-state index is 13.1. The molecule has 1 fully saturated rings. The fourth-order valence-electron chi connectivity index (χ4n) is 3.61. The molecule has 0 unspecified atom stereocenters. The monoisotopic (exact) mass is 348 g/mol. The number of ether oxygens (including phenoxy) is 1. The van der Waals surface area contributed by atoms with Crippen LogP contribution in [0.2, 0.25) is 0 Å². The summed E-state index contributed by atoms with van der Waals surface area (Å²) in [6, 6.07) is 8.46. The highest BCUT2D eigenvalue weighted by molar-refractivity contribution is 8.00. The average molecular weight is 349 g/mol. The molecule has 2 aliphatic heterocycles. The highest BCUT2D eigenvalue weighted by Gasteiger charge is 2.31. The summed E-state index contributed by atoms with van der Waals surface area (Å²) in [5.41, 5.74) is 2.59. The first-order valence-corrected chi connectivity index (χ1v) is 10.0. The molecule has 24 heavy (non-hydrogen) atoms. The lowest BCUT2D eigenvalue weighted by Crippen LogP contribution is -2.38. The van der Waals surface area contributed by atoms with Crippen LogP contribution in [0.4, 0.5) is 0 Å². The Balaban J connectivity index is 1.60. The molecule has 1 atom stereocenters. The molecule has 0 spiro atoms. The van der Waals surface area contributed by atoms with Crippen molar-refractivity contribution in [1.29, 1.82) is 0 Å². The minimum absolute atomic E-state index is 0.00464. The number of hydrogen-bond donors (Lipinski definition) is 0. The molecular formula is C19H28N2O2S. The second-order valence-electron chi connectivity index (χ2n) is 6.57. The van der Waals surface area contributed by atoms with Crippen molar-refractivity contribution in [3.05, 3.63) is 35.4 Å². The van der Waals surface area contributed by atoms with Gasteiger partial charge in [-0.2, -0.15) is 0 Å². The Morgan fingerprint density at radius 2 is 2.12 bits per heavy atom. The third kappa shape index (κ3) is 4.32. The molecule has 0 N–H and O–H groups in total. The zero-order chi connectivity index (χ0) is 16.8. The molecule has 1 saturated heterocycles. The van der Waals surface area contributed by atoms with Gasteiger partial charge in [-0.25, -0.2) is 0 Å². The van der Waals surface area contributed by atoms with E-state index in [1.54, 1.807) is 7.11 Å². The van der Waals surface area contributed by atoms with E-state index in [4.69, 9.17) is 4.74 Å². The minimum Gasteiger partial charge on any atom is -0.385 e. The summed E-state index contributed by atoms with van der Waals surface area (Å²) in [4.78, 5) is 17.7. The largest absolute Gasteiger partial charge is 0.385 e. The molecule has 3 rings (SSSR count). The quantitative estimate of drug-likeness (QED) is 0.766. The molecule has 2 aliphatic rings. The van der Waals surface area contributed by atoms with Crippen LogP contribution in [0.25, 0.3) is 0 Å². The van der Waals surface area contributed by atoms with Crippen molar-refractivity contribution in [3.8, 4) is 0 Å². The molecule has 0 bridgehead atoms. The van der Waals surface area contributed by atoms with Crippen LogP contribution in [-0.2, 0) is 16.0 Å². The van der Waals surface area contributed by atoms with E-state index in [2.05, 4.69) is 34.1 Å². The topological polar surface area (TPSA) is 32.8 Å². The van der Waals surface area contributed by atoms with Gasteiger partial charge in [0.25, 0.3) is 0 Å². The van der Waals surface area contributed by atoms with E-state index in [-0.39, 0.29) is 5.25 Å². The molecule has 4 nitrogen and oxygen atoms in total. The molecule has 2 heterocycles. The van der Waals surface area contributed by atoms with Gasteiger partial charge in [-0.05, 0) is 42.7 Å². The zero-order valence-electron chi connectivity index (χ0n) is 14.6. The number of carbonyl (C=O) groups excluding carboxylic acids is 1. The second-order valence-corrected chi connectivity index (χ2v) is 7.78. The maximum absolute atomic E-state index is 13.1. The molecule has 0 aliphatic carbocycles. The van der Waals surface area contributed by atoms with Crippen LogP contribution in [0.3, 0.4) is 0 Å². The van der Waals surface area contributed by atoms with Gasteiger partial charge in [-0.15, -0.1) is 11.8 Å². The molecule has 1 aromatic carbocycles. The van der Waals surface area contributed by atoms with Crippen LogP contribution in [0, 0.1) is 0 Å². The number of nitrogens with zero attached hydrogens (tertiary/aromatic N) is 2. The number of carbonyl (C=O) groups is 1. The standard InChI is InChI=1S/C19H28N2O2S/c1-23-14-5-10-20-9-4-11-21(13-12-20)19(22)18-17-7-3-2-6-16(17)8-15-24-18/h2-3,6-7,18H,4-5,8-15H2,1H3/t18-/m0/s1. The van der Waals surface area contributed by atoms with Crippen LogP contribution in [0.15, 0.2) is 24.3 Å². The summed E-state index contributed by atoms with van der Waals surface area (Å²) in [7, 11) is 1.75. The molecule has 132 valence electrons. The smallest absolute Gasteiger partial charge is 0.240 e. The second kappa shape index (κ2) is 8.88. The number of fused-ring (bicyclic) bond motifs is 1. The van der Waals surface area contributed by atoms with Crippen molar-refractivity contribution in [2.45, 2.75) is 24.5 Å². The van der Waals surface area contributed by atoms with Crippen molar-refractivity contribution in [2.24, 2.45) is 0 Å². The van der Waals surface area contributed by atoms with Crippen LogP contribution < -0.4 is 0 Å². The number of methoxy groups -OCH3 is 1. The van der Waals surface area contributed by atoms with Crippen molar-refractivity contribution in [1.82, 2.24) is 9.80 Å². The highest BCUT2D eigenvalue weighted by Crippen LogP contribution is 2.38.